The summed E-state index contributed by atoms with van der Waals surface area (Å²) in [5.41, 5.74) is 1.62. The monoisotopic (exact) mass is 447 g/mol. The van der Waals surface area contributed by atoms with E-state index in [2.05, 4.69) is 24.8 Å². The summed E-state index contributed by atoms with van der Waals surface area (Å²) in [7, 11) is 0. The van der Waals surface area contributed by atoms with Crippen molar-refractivity contribution in [1.82, 2.24) is 29.7 Å². The molecular formula is C24H29N7O2. The summed E-state index contributed by atoms with van der Waals surface area (Å²) >= 11 is 0. The first-order chi connectivity index (χ1) is 16.2. The Morgan fingerprint density at radius 3 is 2.27 bits per heavy atom. The predicted octanol–water partition coefficient (Wildman–Crippen LogP) is 1.45. The summed E-state index contributed by atoms with van der Waals surface area (Å²) in [4.78, 5) is 45.6. The minimum Gasteiger partial charge on any atom is -0.351 e. The third-order valence-electron chi connectivity index (χ3n) is 6.53. The maximum absolute atomic E-state index is 12.9. The number of piperazine rings is 2. The lowest BCUT2D eigenvalue weighted by atomic mass is 10.2. The van der Waals surface area contributed by atoms with Gasteiger partial charge in [-0.05, 0) is 18.2 Å². The van der Waals surface area contributed by atoms with E-state index < -0.39 is 0 Å². The summed E-state index contributed by atoms with van der Waals surface area (Å²) in [6, 6.07) is 11.7. The number of H-pyrrole nitrogens is 1. The Balaban J connectivity index is 1.05. The summed E-state index contributed by atoms with van der Waals surface area (Å²) in [6.07, 6.45) is 4.00. The number of benzene rings is 1. The molecule has 2 aromatic heterocycles. The van der Waals surface area contributed by atoms with Gasteiger partial charge in [0.05, 0.1) is 0 Å². The van der Waals surface area contributed by atoms with Crippen LogP contribution in [0.15, 0.2) is 48.8 Å². The number of fused-ring (bicyclic) bond motifs is 1. The highest BCUT2D eigenvalue weighted by Gasteiger charge is 2.25. The van der Waals surface area contributed by atoms with Crippen molar-refractivity contribution in [3.05, 3.63) is 54.5 Å². The molecule has 5 rings (SSSR count). The van der Waals surface area contributed by atoms with Crippen LogP contribution in [-0.2, 0) is 4.79 Å². The van der Waals surface area contributed by atoms with Crippen molar-refractivity contribution in [1.29, 1.82) is 0 Å². The Bertz CT molecular complexity index is 1070. The van der Waals surface area contributed by atoms with E-state index in [0.29, 0.717) is 38.3 Å². The van der Waals surface area contributed by atoms with Crippen LogP contribution in [0.4, 0.5) is 5.95 Å². The number of rotatable bonds is 5. The maximum Gasteiger partial charge on any atom is 0.270 e. The van der Waals surface area contributed by atoms with E-state index in [4.69, 9.17) is 0 Å². The van der Waals surface area contributed by atoms with Gasteiger partial charge in [0.15, 0.2) is 0 Å². The van der Waals surface area contributed by atoms with E-state index in [9.17, 15) is 9.59 Å². The second-order valence-electron chi connectivity index (χ2n) is 8.57. The summed E-state index contributed by atoms with van der Waals surface area (Å²) in [5, 5.41) is 1.05. The van der Waals surface area contributed by atoms with Gasteiger partial charge in [0.2, 0.25) is 11.9 Å². The normalized spacial score (nSPS) is 17.5. The molecule has 33 heavy (non-hydrogen) atoms. The van der Waals surface area contributed by atoms with Crippen molar-refractivity contribution in [3.63, 3.8) is 0 Å². The van der Waals surface area contributed by atoms with Gasteiger partial charge in [0, 0.05) is 88.6 Å². The molecule has 0 unspecified atom stereocenters. The van der Waals surface area contributed by atoms with Crippen molar-refractivity contribution in [2.24, 2.45) is 0 Å². The quantitative estimate of drug-likeness (QED) is 0.637. The molecule has 0 atom stereocenters. The molecule has 0 bridgehead atoms. The molecular weight excluding hydrogens is 418 g/mol. The van der Waals surface area contributed by atoms with Crippen LogP contribution in [0.2, 0.25) is 0 Å². The van der Waals surface area contributed by atoms with Crippen molar-refractivity contribution in [2.45, 2.75) is 6.42 Å². The number of carbonyl (C=O) groups is 2. The van der Waals surface area contributed by atoms with Gasteiger partial charge in [-0.2, -0.15) is 0 Å². The largest absolute Gasteiger partial charge is 0.351 e. The minimum absolute atomic E-state index is 0.0437. The van der Waals surface area contributed by atoms with Gasteiger partial charge in [0.25, 0.3) is 5.91 Å². The van der Waals surface area contributed by atoms with Crippen molar-refractivity contribution >= 4 is 28.7 Å². The highest BCUT2D eigenvalue weighted by molar-refractivity contribution is 5.98. The molecule has 1 aromatic carbocycles. The number of aromatic nitrogens is 3. The van der Waals surface area contributed by atoms with Crippen LogP contribution in [0.25, 0.3) is 10.9 Å². The molecule has 0 radical (unpaired) electrons. The first kappa shape index (κ1) is 21.4. The zero-order chi connectivity index (χ0) is 22.6. The number of anilines is 1. The van der Waals surface area contributed by atoms with Gasteiger partial charge in [0.1, 0.15) is 5.69 Å². The summed E-state index contributed by atoms with van der Waals surface area (Å²) in [5.74, 6) is 0.965. The summed E-state index contributed by atoms with van der Waals surface area (Å²) in [6.45, 7) is 6.57. The van der Waals surface area contributed by atoms with Gasteiger partial charge >= 0.3 is 0 Å². The molecule has 2 fully saturated rings. The fraction of sp³-hybridized carbons (Fsp3) is 0.417. The van der Waals surface area contributed by atoms with Gasteiger partial charge in [-0.1, -0.05) is 18.2 Å². The lowest BCUT2D eigenvalue weighted by Crippen LogP contribution is -2.51. The van der Waals surface area contributed by atoms with Crippen molar-refractivity contribution < 1.29 is 9.59 Å². The average molecular weight is 448 g/mol. The highest BCUT2D eigenvalue weighted by atomic mass is 16.2. The molecule has 172 valence electrons. The Morgan fingerprint density at radius 2 is 1.55 bits per heavy atom. The number of nitrogens with zero attached hydrogens (tertiary/aromatic N) is 6. The van der Waals surface area contributed by atoms with E-state index >= 15 is 0 Å². The molecule has 0 aliphatic carbocycles. The zero-order valence-electron chi connectivity index (χ0n) is 18.7. The molecule has 4 heterocycles. The van der Waals surface area contributed by atoms with E-state index in [0.717, 1.165) is 49.6 Å². The highest BCUT2D eigenvalue weighted by Crippen LogP contribution is 2.17. The minimum atomic E-state index is 0.0437. The third-order valence-corrected chi connectivity index (χ3v) is 6.53. The van der Waals surface area contributed by atoms with Crippen molar-refractivity contribution in [3.8, 4) is 0 Å². The Labute approximate surface area is 193 Å². The van der Waals surface area contributed by atoms with Crippen LogP contribution < -0.4 is 4.90 Å². The lowest BCUT2D eigenvalue weighted by molar-refractivity contribution is -0.131. The standard InChI is InChI=1S/C24H29N7O2/c32-22(29-14-16-31(17-15-29)24-25-7-3-8-26-24)6-9-28-10-12-30(13-11-28)23(33)21-18-19-4-1-2-5-20(19)27-21/h1-5,7-8,18,27H,6,9-17H2. The third kappa shape index (κ3) is 4.83. The van der Waals surface area contributed by atoms with Crippen molar-refractivity contribution in [2.75, 3.05) is 63.8 Å². The van der Waals surface area contributed by atoms with Gasteiger partial charge < -0.3 is 19.7 Å². The second kappa shape index (κ2) is 9.58. The average Bonchev–Trinajstić information content (AvgIpc) is 3.32. The van der Waals surface area contributed by atoms with E-state index in [-0.39, 0.29) is 11.8 Å². The Kier molecular flexibility index (Phi) is 6.21. The number of hydrogen-bond acceptors (Lipinski definition) is 6. The molecule has 2 saturated heterocycles. The topological polar surface area (TPSA) is 88.7 Å². The maximum atomic E-state index is 12.9. The van der Waals surface area contributed by atoms with Crippen LogP contribution in [0.5, 0.6) is 0 Å². The molecule has 9 nitrogen and oxygen atoms in total. The van der Waals surface area contributed by atoms with Crippen LogP contribution in [0.1, 0.15) is 16.9 Å². The number of amides is 2. The fourth-order valence-electron chi connectivity index (χ4n) is 4.56. The predicted molar refractivity (Wildman–Crippen MR) is 126 cm³/mol. The van der Waals surface area contributed by atoms with E-state index in [1.165, 1.54) is 0 Å². The van der Waals surface area contributed by atoms with Crippen LogP contribution >= 0.6 is 0 Å². The molecule has 0 spiro atoms. The molecule has 9 heteroatoms. The number of nitrogens with one attached hydrogen (secondary N) is 1. The van der Waals surface area contributed by atoms with Crippen LogP contribution in [-0.4, -0.2) is 100 Å². The van der Waals surface area contributed by atoms with Crippen LogP contribution in [0, 0.1) is 0 Å². The smallest absolute Gasteiger partial charge is 0.270 e. The number of hydrogen-bond donors (Lipinski definition) is 1. The molecule has 1 N–H and O–H groups in total. The second-order valence-corrected chi connectivity index (χ2v) is 8.57. The van der Waals surface area contributed by atoms with E-state index in [1.807, 2.05) is 40.1 Å². The number of carbonyl (C=O) groups excluding carboxylic acids is 2. The number of aromatic amines is 1. The molecule has 2 aliphatic rings. The first-order valence-electron chi connectivity index (χ1n) is 11.6. The number of para-hydroxylation sites is 1. The Hall–Kier alpha value is -3.46. The zero-order valence-corrected chi connectivity index (χ0v) is 18.7. The first-order valence-corrected chi connectivity index (χ1v) is 11.6. The summed E-state index contributed by atoms with van der Waals surface area (Å²) < 4.78 is 0. The molecule has 2 amide bonds. The van der Waals surface area contributed by atoms with Crippen LogP contribution in [0.3, 0.4) is 0 Å². The van der Waals surface area contributed by atoms with Gasteiger partial charge in [-0.15, -0.1) is 0 Å². The van der Waals surface area contributed by atoms with Gasteiger partial charge in [-0.25, -0.2) is 9.97 Å². The Morgan fingerprint density at radius 1 is 0.848 bits per heavy atom. The molecule has 0 saturated carbocycles. The van der Waals surface area contributed by atoms with E-state index in [1.54, 1.807) is 18.5 Å². The SMILES string of the molecule is O=C(CCN1CCN(C(=O)c2cc3ccccc3[nH]2)CC1)N1CCN(c2ncccn2)CC1. The van der Waals surface area contributed by atoms with Gasteiger partial charge in [-0.3, -0.25) is 14.5 Å². The fourth-order valence-corrected chi connectivity index (χ4v) is 4.56. The molecule has 2 aliphatic heterocycles. The molecule has 3 aromatic rings. The lowest BCUT2D eigenvalue weighted by Gasteiger charge is -2.36.